The first-order chi connectivity index (χ1) is 33.8. The maximum Gasteiger partial charge on any atom is 0.220 e. The van der Waals surface area contributed by atoms with Gasteiger partial charge in [-0.15, -0.1) is 11.3 Å². The van der Waals surface area contributed by atoms with Gasteiger partial charge in [-0.2, -0.15) is 0 Å². The molecule has 6 heterocycles. The molecule has 0 fully saturated rings. The molecule has 316 valence electrons. The van der Waals surface area contributed by atoms with Crippen molar-refractivity contribution in [2.45, 2.75) is 0 Å². The highest BCUT2D eigenvalue weighted by molar-refractivity contribution is 7.26. The van der Waals surface area contributed by atoms with E-state index in [1.165, 1.54) is 80.1 Å². The monoisotopic (exact) mass is 884 g/mol. The molecule has 68 heavy (non-hydrogen) atoms. The molecule has 6 aromatic heterocycles. The first kappa shape index (κ1) is 36.3. The maximum atomic E-state index is 5.60. The zero-order valence-corrected chi connectivity index (χ0v) is 37.2. The van der Waals surface area contributed by atoms with Crippen LogP contribution in [0.15, 0.2) is 218 Å². The van der Waals surface area contributed by atoms with Gasteiger partial charge in [-0.3, -0.25) is 8.97 Å². The molecule has 16 rings (SSSR count). The number of fused-ring (bicyclic) bond motifs is 18. The summed E-state index contributed by atoms with van der Waals surface area (Å²) in [7, 11) is 0. The second kappa shape index (κ2) is 13.3. The third kappa shape index (κ3) is 4.72. The van der Waals surface area contributed by atoms with Crippen LogP contribution in [0.1, 0.15) is 0 Å². The van der Waals surface area contributed by atoms with Gasteiger partial charge in [0, 0.05) is 64.9 Å². The van der Waals surface area contributed by atoms with Crippen molar-refractivity contribution in [3.63, 3.8) is 0 Å². The molecule has 0 spiro atoms. The van der Waals surface area contributed by atoms with Crippen molar-refractivity contribution in [1.29, 1.82) is 0 Å². The minimum absolute atomic E-state index is 0.900. The van der Waals surface area contributed by atoms with Crippen LogP contribution in [0.2, 0.25) is 0 Å². The molecule has 0 saturated heterocycles. The highest BCUT2D eigenvalue weighted by Crippen LogP contribution is 2.45. The van der Waals surface area contributed by atoms with E-state index in [9.17, 15) is 0 Å². The summed E-state index contributed by atoms with van der Waals surface area (Å²) >= 11 is 1.87. The molecule has 0 aliphatic rings. The smallest absolute Gasteiger partial charge is 0.220 e. The van der Waals surface area contributed by atoms with Gasteiger partial charge in [-0.25, -0.2) is 4.98 Å². The molecular weight excluding hydrogens is 849 g/mol. The van der Waals surface area contributed by atoms with Gasteiger partial charge in [0.1, 0.15) is 5.52 Å². The van der Waals surface area contributed by atoms with E-state index in [0.717, 1.165) is 56.1 Å². The summed E-state index contributed by atoms with van der Waals surface area (Å²) in [5.74, 6) is 0.900. The molecule has 7 heteroatoms. The minimum Gasteiger partial charge on any atom is -0.309 e. The summed E-state index contributed by atoms with van der Waals surface area (Å²) in [5, 5.41) is 9.90. The van der Waals surface area contributed by atoms with Gasteiger partial charge in [0.25, 0.3) is 0 Å². The van der Waals surface area contributed by atoms with E-state index in [4.69, 9.17) is 4.98 Å². The van der Waals surface area contributed by atoms with Crippen molar-refractivity contribution in [3.8, 4) is 22.7 Å². The van der Waals surface area contributed by atoms with Crippen LogP contribution in [0.3, 0.4) is 0 Å². The van der Waals surface area contributed by atoms with Crippen molar-refractivity contribution < 1.29 is 0 Å². The Labute approximate surface area is 391 Å². The molecule has 0 saturated carbocycles. The molecule has 0 amide bonds. The lowest BCUT2D eigenvalue weighted by Gasteiger charge is -2.11. The molecule has 16 aromatic rings. The van der Waals surface area contributed by atoms with Crippen LogP contribution >= 0.6 is 11.3 Å². The van der Waals surface area contributed by atoms with E-state index in [-0.39, 0.29) is 0 Å². The summed E-state index contributed by atoms with van der Waals surface area (Å²) in [6.07, 6.45) is 0. The van der Waals surface area contributed by atoms with Crippen LogP contribution in [0, 0.1) is 0 Å². The van der Waals surface area contributed by atoms with Crippen molar-refractivity contribution in [2.75, 3.05) is 0 Å². The second-order valence-corrected chi connectivity index (χ2v) is 19.0. The zero-order valence-electron chi connectivity index (χ0n) is 36.4. The van der Waals surface area contributed by atoms with Crippen LogP contribution in [-0.4, -0.2) is 27.7 Å². The van der Waals surface area contributed by atoms with Crippen molar-refractivity contribution in [2.24, 2.45) is 0 Å². The fourth-order valence-electron chi connectivity index (χ4n) is 11.7. The third-order valence-electron chi connectivity index (χ3n) is 14.5. The Balaban J connectivity index is 0.916. The fraction of sp³-hybridized carbons (Fsp3) is 0. The molecule has 0 N–H and O–H groups in total. The first-order valence-corrected chi connectivity index (χ1v) is 24.0. The van der Waals surface area contributed by atoms with Gasteiger partial charge < -0.3 is 13.7 Å². The largest absolute Gasteiger partial charge is 0.309 e. The average Bonchev–Trinajstić information content (AvgIpc) is 4.24. The number of benzene rings is 10. The van der Waals surface area contributed by atoms with Gasteiger partial charge in [-0.1, -0.05) is 115 Å². The lowest BCUT2D eigenvalue weighted by atomic mass is 10.1. The molecule has 0 bridgehead atoms. The normalized spacial score (nSPS) is 12.4. The number of hydrogen-bond acceptors (Lipinski definition) is 2. The van der Waals surface area contributed by atoms with E-state index < -0.39 is 0 Å². The Hall–Kier alpha value is -8.91. The predicted molar refractivity (Wildman–Crippen MR) is 285 cm³/mol. The molecule has 0 aliphatic heterocycles. The van der Waals surface area contributed by atoms with E-state index in [1.54, 1.807) is 0 Å². The van der Waals surface area contributed by atoms with Gasteiger partial charge >= 0.3 is 0 Å². The highest BCUT2D eigenvalue weighted by Gasteiger charge is 2.24. The molecule has 6 nitrogen and oxygen atoms in total. The molecular formula is C61H36N6S. The second-order valence-electron chi connectivity index (χ2n) is 17.9. The lowest BCUT2D eigenvalue weighted by molar-refractivity contribution is 1.11. The number of para-hydroxylation sites is 7. The van der Waals surface area contributed by atoms with E-state index in [0.29, 0.717) is 0 Å². The van der Waals surface area contributed by atoms with Crippen molar-refractivity contribution in [1.82, 2.24) is 27.7 Å². The Morgan fingerprint density at radius 3 is 1.51 bits per heavy atom. The van der Waals surface area contributed by atoms with Crippen LogP contribution in [0.4, 0.5) is 0 Å². The molecule has 0 aliphatic carbocycles. The molecule has 10 aromatic carbocycles. The fourth-order valence-corrected chi connectivity index (χ4v) is 12.8. The summed E-state index contributed by atoms with van der Waals surface area (Å²) < 4.78 is 14.5. The Kier molecular flexibility index (Phi) is 7.13. The van der Waals surface area contributed by atoms with Gasteiger partial charge in [-0.05, 0) is 103 Å². The number of hydrogen-bond donors (Lipinski definition) is 0. The number of imidazole rings is 2. The van der Waals surface area contributed by atoms with Crippen LogP contribution in [0.5, 0.6) is 0 Å². The van der Waals surface area contributed by atoms with Crippen LogP contribution in [0.25, 0.3) is 136 Å². The van der Waals surface area contributed by atoms with Gasteiger partial charge in [0.05, 0.1) is 60.0 Å². The van der Waals surface area contributed by atoms with E-state index in [1.807, 2.05) is 11.3 Å². The van der Waals surface area contributed by atoms with E-state index in [2.05, 4.69) is 241 Å². The summed E-state index contributed by atoms with van der Waals surface area (Å²) in [4.78, 5) is 5.60. The predicted octanol–water partition coefficient (Wildman–Crippen LogP) is 16.1. The number of aromatic nitrogens is 6. The summed E-state index contributed by atoms with van der Waals surface area (Å²) in [5.41, 5.74) is 16.0. The van der Waals surface area contributed by atoms with Crippen LogP contribution < -0.4 is 0 Å². The topological polar surface area (TPSA) is 37.0 Å². The molecule has 0 unspecified atom stereocenters. The Bertz CT molecular complexity index is 4750. The summed E-state index contributed by atoms with van der Waals surface area (Å²) in [6.45, 7) is 0. The standard InChI is InChI=1S/C61H36N6S/c1-2-15-37(16-3-1)65-53-26-12-13-27-54(53)67-55-33-31-44-42-19-6-11-25-51(42)66(59(44)58(55)62-61(65)67)56-28-14-21-45-47-36-39(30-34-57(47)68-60(45)56)64-50-24-10-7-20-43(50)46-35-38(29-32-52(46)64)63-48-22-8-4-17-40(48)41-18-5-9-23-49(41)63/h1-36H. The average molecular weight is 885 g/mol. The molecule has 0 atom stereocenters. The Morgan fingerprint density at radius 1 is 0.309 bits per heavy atom. The highest BCUT2D eigenvalue weighted by atomic mass is 32.1. The van der Waals surface area contributed by atoms with Gasteiger partial charge in [0.15, 0.2) is 0 Å². The summed E-state index contributed by atoms with van der Waals surface area (Å²) in [6, 6.07) is 79.8. The quantitative estimate of drug-likeness (QED) is 0.173. The minimum atomic E-state index is 0.900. The first-order valence-electron chi connectivity index (χ1n) is 23.1. The third-order valence-corrected chi connectivity index (χ3v) is 15.7. The lowest BCUT2D eigenvalue weighted by Crippen LogP contribution is -1.96. The number of thiophene rings is 1. The molecule has 0 radical (unpaired) electrons. The Morgan fingerprint density at radius 2 is 0.824 bits per heavy atom. The van der Waals surface area contributed by atoms with Crippen LogP contribution in [-0.2, 0) is 0 Å². The zero-order chi connectivity index (χ0) is 44.2. The SMILES string of the molecule is c1ccc(-n2c3ccccc3n3c4ccc5c6ccccc6n(-c6cccc7c6sc6ccc(-n8c9ccccc9c9cc(-n%10c%11ccccc%11c%11ccccc%11%10)ccc98)cc67)c5c4nc23)cc1. The van der Waals surface area contributed by atoms with Crippen molar-refractivity contribution >= 4 is 125 Å². The number of nitrogens with zero attached hydrogens (tertiary/aromatic N) is 6. The van der Waals surface area contributed by atoms with E-state index >= 15 is 0 Å². The van der Waals surface area contributed by atoms with Crippen molar-refractivity contribution in [3.05, 3.63) is 218 Å². The number of rotatable bonds is 4. The van der Waals surface area contributed by atoms with Gasteiger partial charge in [0.2, 0.25) is 5.78 Å². The maximum absolute atomic E-state index is 5.60.